The van der Waals surface area contributed by atoms with E-state index in [0.717, 1.165) is 46.9 Å². The smallest absolute Gasteiger partial charge is 0.224 e. The zero-order chi connectivity index (χ0) is 26.4. The number of carbonyl (C=O) groups is 1. The Morgan fingerprint density at radius 3 is 2.32 bits per heavy atom. The molecule has 1 N–H and O–H groups in total. The van der Waals surface area contributed by atoms with E-state index in [1.807, 2.05) is 18.2 Å². The minimum Gasteiger partial charge on any atom is -0.365 e. The van der Waals surface area contributed by atoms with Gasteiger partial charge in [-0.2, -0.15) is 5.11 Å². The average molecular weight is 496 g/mol. The first-order valence-corrected chi connectivity index (χ1v) is 13.0. The van der Waals surface area contributed by atoms with Crippen LogP contribution in [-0.2, 0) is 11.3 Å². The van der Waals surface area contributed by atoms with Crippen molar-refractivity contribution in [2.45, 2.75) is 47.6 Å². The standard InChI is InChI=1S/C31H37N5O/c1-22(2)20-36(21-23-11-7-6-8-12-23)29-16-15-24(17-27(29)33-30(37)18-31(3,4)5)25-13-9-10-14-26(25)28-19-32-35-34-28/h6-17,22H,18-21H2,1-5H3,(H,33,37). The molecule has 0 fully saturated rings. The number of hydrogen-bond acceptors (Lipinski definition) is 5. The first kappa shape index (κ1) is 26.3. The van der Waals surface area contributed by atoms with Crippen LogP contribution >= 0.6 is 0 Å². The first-order chi connectivity index (χ1) is 17.7. The van der Waals surface area contributed by atoms with Gasteiger partial charge >= 0.3 is 0 Å². The molecule has 4 rings (SSSR count). The lowest BCUT2D eigenvalue weighted by Crippen LogP contribution is -2.29. The minimum absolute atomic E-state index is 0.0150. The molecule has 0 spiro atoms. The predicted molar refractivity (Wildman–Crippen MR) is 153 cm³/mol. The van der Waals surface area contributed by atoms with E-state index in [1.165, 1.54) is 5.56 Å². The SMILES string of the molecule is CC(C)CN(Cc1ccccc1)c1ccc(-c2ccccc2C2=NN=NC2)cc1NC(=O)CC(C)(C)C. The van der Waals surface area contributed by atoms with Crippen LogP contribution in [-0.4, -0.2) is 24.7 Å². The van der Waals surface area contributed by atoms with Crippen molar-refractivity contribution in [2.75, 3.05) is 23.3 Å². The van der Waals surface area contributed by atoms with Crippen molar-refractivity contribution in [3.05, 3.63) is 83.9 Å². The number of rotatable bonds is 9. The molecule has 0 unspecified atom stereocenters. The van der Waals surface area contributed by atoms with Gasteiger partial charge < -0.3 is 10.2 Å². The Morgan fingerprint density at radius 2 is 1.68 bits per heavy atom. The van der Waals surface area contributed by atoms with E-state index in [2.05, 4.69) is 115 Å². The van der Waals surface area contributed by atoms with Crippen molar-refractivity contribution in [2.24, 2.45) is 26.8 Å². The maximum Gasteiger partial charge on any atom is 0.224 e. The molecule has 1 aliphatic heterocycles. The average Bonchev–Trinajstić information content (AvgIpc) is 3.38. The molecule has 3 aromatic carbocycles. The Hall–Kier alpha value is -3.80. The second-order valence-electron chi connectivity index (χ2n) is 11.3. The van der Waals surface area contributed by atoms with Crippen LogP contribution < -0.4 is 10.2 Å². The van der Waals surface area contributed by atoms with Gasteiger partial charge in [0.1, 0.15) is 6.54 Å². The van der Waals surface area contributed by atoms with Crippen LogP contribution in [0.4, 0.5) is 11.4 Å². The lowest BCUT2D eigenvalue weighted by Gasteiger charge is -2.30. The molecule has 0 saturated carbocycles. The van der Waals surface area contributed by atoms with E-state index in [4.69, 9.17) is 0 Å². The maximum absolute atomic E-state index is 13.1. The topological polar surface area (TPSA) is 69.4 Å². The lowest BCUT2D eigenvalue weighted by molar-refractivity contribution is -0.117. The van der Waals surface area contributed by atoms with E-state index in [1.54, 1.807) is 0 Å². The minimum atomic E-state index is -0.107. The summed E-state index contributed by atoms with van der Waals surface area (Å²) in [4.78, 5) is 15.5. The molecule has 0 bridgehead atoms. The quantitative estimate of drug-likeness (QED) is 0.333. The number of anilines is 2. The zero-order valence-corrected chi connectivity index (χ0v) is 22.5. The van der Waals surface area contributed by atoms with Gasteiger partial charge in [-0.25, -0.2) is 0 Å². The van der Waals surface area contributed by atoms with Gasteiger partial charge in [0.15, 0.2) is 0 Å². The fourth-order valence-corrected chi connectivity index (χ4v) is 4.59. The van der Waals surface area contributed by atoms with Crippen molar-refractivity contribution in [3.8, 4) is 11.1 Å². The summed E-state index contributed by atoms with van der Waals surface area (Å²) < 4.78 is 0. The zero-order valence-electron chi connectivity index (χ0n) is 22.5. The summed E-state index contributed by atoms with van der Waals surface area (Å²) in [6.45, 7) is 12.8. The molecule has 6 nitrogen and oxygen atoms in total. The van der Waals surface area contributed by atoms with Crippen molar-refractivity contribution in [1.29, 1.82) is 0 Å². The summed E-state index contributed by atoms with van der Waals surface area (Å²) in [6.07, 6.45) is 0.440. The summed E-state index contributed by atoms with van der Waals surface area (Å²) in [5.41, 5.74) is 6.89. The van der Waals surface area contributed by atoms with E-state index in [9.17, 15) is 4.79 Å². The van der Waals surface area contributed by atoms with Crippen molar-refractivity contribution >= 4 is 23.0 Å². The number of nitrogens with zero attached hydrogens (tertiary/aromatic N) is 4. The third kappa shape index (κ3) is 7.13. The molecule has 37 heavy (non-hydrogen) atoms. The number of benzene rings is 3. The Bertz CT molecular complexity index is 1290. The largest absolute Gasteiger partial charge is 0.365 e. The molecule has 1 amide bonds. The second-order valence-corrected chi connectivity index (χ2v) is 11.3. The van der Waals surface area contributed by atoms with Crippen molar-refractivity contribution in [1.82, 2.24) is 0 Å². The number of carbonyl (C=O) groups excluding carboxylic acids is 1. The summed E-state index contributed by atoms with van der Waals surface area (Å²) in [7, 11) is 0. The van der Waals surface area contributed by atoms with E-state index < -0.39 is 0 Å². The molecule has 0 saturated heterocycles. The van der Waals surface area contributed by atoms with Gasteiger partial charge in [-0.15, -0.1) is 5.10 Å². The highest BCUT2D eigenvalue weighted by Gasteiger charge is 2.21. The highest BCUT2D eigenvalue weighted by atomic mass is 16.1. The van der Waals surface area contributed by atoms with E-state index in [0.29, 0.717) is 18.9 Å². The summed E-state index contributed by atoms with van der Waals surface area (Å²) in [5.74, 6) is 0.469. The summed E-state index contributed by atoms with van der Waals surface area (Å²) in [5, 5.41) is 15.3. The van der Waals surface area contributed by atoms with Gasteiger partial charge in [0, 0.05) is 25.1 Å². The molecule has 0 atom stereocenters. The van der Waals surface area contributed by atoms with Gasteiger partial charge in [-0.1, -0.05) is 95.3 Å². The first-order valence-electron chi connectivity index (χ1n) is 13.0. The molecule has 1 aliphatic rings. The van der Waals surface area contributed by atoms with Crippen LogP contribution in [0.1, 0.15) is 52.2 Å². The molecule has 1 heterocycles. The Morgan fingerprint density at radius 1 is 0.973 bits per heavy atom. The van der Waals surface area contributed by atoms with Gasteiger partial charge in [-0.3, -0.25) is 4.79 Å². The van der Waals surface area contributed by atoms with Crippen LogP contribution in [0.25, 0.3) is 11.1 Å². The third-order valence-electron chi connectivity index (χ3n) is 6.10. The van der Waals surface area contributed by atoms with Crippen molar-refractivity contribution < 1.29 is 4.79 Å². The van der Waals surface area contributed by atoms with Crippen molar-refractivity contribution in [3.63, 3.8) is 0 Å². The monoisotopic (exact) mass is 495 g/mol. The highest BCUT2D eigenvalue weighted by molar-refractivity contribution is 6.08. The van der Waals surface area contributed by atoms with Gasteiger partial charge in [0.2, 0.25) is 5.91 Å². The van der Waals surface area contributed by atoms with Crippen LogP contribution in [0, 0.1) is 11.3 Å². The van der Waals surface area contributed by atoms with Gasteiger partial charge in [0.05, 0.1) is 17.1 Å². The number of nitrogens with one attached hydrogen (secondary N) is 1. The molecular weight excluding hydrogens is 458 g/mol. The maximum atomic E-state index is 13.1. The van der Waals surface area contributed by atoms with Crippen LogP contribution in [0.5, 0.6) is 0 Å². The van der Waals surface area contributed by atoms with E-state index in [-0.39, 0.29) is 11.3 Å². The fraction of sp³-hybridized carbons (Fsp3) is 0.355. The normalized spacial score (nSPS) is 13.1. The Labute approximate surface area is 220 Å². The molecule has 0 aromatic heterocycles. The van der Waals surface area contributed by atoms with Gasteiger partial charge in [0.25, 0.3) is 0 Å². The van der Waals surface area contributed by atoms with E-state index >= 15 is 0 Å². The summed E-state index contributed by atoms with van der Waals surface area (Å²) in [6, 6.07) is 25.0. The molecule has 0 radical (unpaired) electrons. The number of amides is 1. The lowest BCUT2D eigenvalue weighted by atomic mass is 9.92. The van der Waals surface area contributed by atoms with Crippen LogP contribution in [0.15, 0.2) is 88.2 Å². The molecule has 6 heteroatoms. The predicted octanol–water partition coefficient (Wildman–Crippen LogP) is 7.56. The van der Waals surface area contributed by atoms with Crippen LogP contribution in [0.2, 0.25) is 0 Å². The molecule has 192 valence electrons. The molecular formula is C31H37N5O. The van der Waals surface area contributed by atoms with Crippen LogP contribution in [0.3, 0.4) is 0 Å². The molecule has 3 aromatic rings. The third-order valence-corrected chi connectivity index (χ3v) is 6.10. The second kappa shape index (κ2) is 11.5. The highest BCUT2D eigenvalue weighted by Crippen LogP contribution is 2.35. The molecule has 0 aliphatic carbocycles. The summed E-state index contributed by atoms with van der Waals surface area (Å²) >= 11 is 0. The number of hydrogen-bond donors (Lipinski definition) is 1. The Balaban J connectivity index is 1.77. The van der Waals surface area contributed by atoms with Gasteiger partial charge in [-0.05, 0) is 45.4 Å². The fourth-order valence-electron chi connectivity index (χ4n) is 4.59. The Kier molecular flexibility index (Phi) is 8.17.